The number of rotatable bonds is 3. The van der Waals surface area contributed by atoms with E-state index < -0.39 is 0 Å². The summed E-state index contributed by atoms with van der Waals surface area (Å²) in [7, 11) is 0. The van der Waals surface area contributed by atoms with Crippen LogP contribution in [0.4, 0.5) is 0 Å². The van der Waals surface area contributed by atoms with Crippen molar-refractivity contribution in [2.75, 3.05) is 0 Å². The van der Waals surface area contributed by atoms with Crippen LogP contribution >= 0.6 is 11.8 Å². The number of hydrogen-bond acceptors (Lipinski definition) is 3. The summed E-state index contributed by atoms with van der Waals surface area (Å²) in [6, 6.07) is 15.5. The van der Waals surface area contributed by atoms with Gasteiger partial charge < -0.3 is 4.57 Å². The Morgan fingerprint density at radius 1 is 1.14 bits per heavy atom. The Morgan fingerprint density at radius 2 is 2.00 bits per heavy atom. The highest BCUT2D eigenvalue weighted by Crippen LogP contribution is 2.35. The molecule has 0 unspecified atom stereocenters. The minimum absolute atomic E-state index is 0.0991. The summed E-state index contributed by atoms with van der Waals surface area (Å²) in [5.74, 6) is 1.87. The van der Waals surface area contributed by atoms with Gasteiger partial charge in [-0.05, 0) is 18.2 Å². The molecule has 4 rings (SSSR count). The topological polar surface area (TPSA) is 34.9 Å². The van der Waals surface area contributed by atoms with Gasteiger partial charge in [0.25, 0.3) is 0 Å². The standard InChI is InChI=1S/C18H14N2OS/c21-18(13-5-2-1-3-6-13)15-9-16(14-7-4-8-19-10-14)20-12-22-11-17(15)20/h1-10H,11-12H2. The summed E-state index contributed by atoms with van der Waals surface area (Å²) in [5, 5.41) is 0. The molecule has 3 nitrogen and oxygen atoms in total. The zero-order valence-electron chi connectivity index (χ0n) is 11.9. The molecule has 2 aromatic heterocycles. The number of nitrogens with zero attached hydrogens (tertiary/aromatic N) is 2. The van der Waals surface area contributed by atoms with E-state index in [1.54, 1.807) is 6.20 Å². The normalized spacial score (nSPS) is 13.1. The van der Waals surface area contributed by atoms with Gasteiger partial charge in [0.15, 0.2) is 5.78 Å². The van der Waals surface area contributed by atoms with Crippen LogP contribution < -0.4 is 0 Å². The minimum atomic E-state index is 0.0991. The van der Waals surface area contributed by atoms with E-state index in [4.69, 9.17) is 0 Å². The SMILES string of the molecule is O=C(c1ccccc1)c1cc(-c2cccnc2)n2c1CSC2. The van der Waals surface area contributed by atoms with Gasteiger partial charge in [-0.3, -0.25) is 9.78 Å². The first kappa shape index (κ1) is 13.3. The average molecular weight is 306 g/mol. The lowest BCUT2D eigenvalue weighted by atomic mass is 10.0. The Hall–Kier alpha value is -2.33. The Kier molecular flexibility index (Phi) is 3.31. The second-order valence-corrected chi connectivity index (χ2v) is 6.19. The van der Waals surface area contributed by atoms with E-state index in [2.05, 4.69) is 9.55 Å². The minimum Gasteiger partial charge on any atom is -0.333 e. The summed E-state index contributed by atoms with van der Waals surface area (Å²) in [6.07, 6.45) is 3.62. The highest BCUT2D eigenvalue weighted by molar-refractivity contribution is 7.97. The molecule has 0 saturated carbocycles. The lowest BCUT2D eigenvalue weighted by Crippen LogP contribution is -2.03. The van der Waals surface area contributed by atoms with E-state index in [0.29, 0.717) is 0 Å². The molecule has 0 radical (unpaired) electrons. The Morgan fingerprint density at radius 3 is 2.77 bits per heavy atom. The highest BCUT2D eigenvalue weighted by atomic mass is 32.2. The van der Waals surface area contributed by atoms with Gasteiger partial charge in [-0.15, -0.1) is 11.8 Å². The summed E-state index contributed by atoms with van der Waals surface area (Å²) in [5.41, 5.74) is 4.81. The van der Waals surface area contributed by atoms with Crippen LogP contribution in [-0.4, -0.2) is 15.3 Å². The van der Waals surface area contributed by atoms with Crippen molar-refractivity contribution in [2.24, 2.45) is 0 Å². The molecular formula is C18H14N2OS. The van der Waals surface area contributed by atoms with Gasteiger partial charge in [0.1, 0.15) is 0 Å². The van der Waals surface area contributed by atoms with Crippen molar-refractivity contribution >= 4 is 17.5 Å². The van der Waals surface area contributed by atoms with Crippen LogP contribution in [0.3, 0.4) is 0 Å². The first-order chi connectivity index (χ1) is 10.8. The molecular weight excluding hydrogens is 292 g/mol. The quantitative estimate of drug-likeness (QED) is 0.686. The summed E-state index contributed by atoms with van der Waals surface area (Å²) < 4.78 is 2.23. The monoisotopic (exact) mass is 306 g/mol. The van der Waals surface area contributed by atoms with E-state index in [-0.39, 0.29) is 5.78 Å². The first-order valence-corrected chi connectivity index (χ1v) is 8.30. The fourth-order valence-electron chi connectivity index (χ4n) is 2.82. The molecule has 3 heterocycles. The largest absolute Gasteiger partial charge is 0.333 e. The summed E-state index contributed by atoms with van der Waals surface area (Å²) in [4.78, 5) is 17.0. The van der Waals surface area contributed by atoms with Crippen LogP contribution in [0, 0.1) is 0 Å². The molecule has 0 spiro atoms. The van der Waals surface area contributed by atoms with E-state index in [9.17, 15) is 4.79 Å². The van der Waals surface area contributed by atoms with Crippen LogP contribution in [0.15, 0.2) is 60.9 Å². The molecule has 108 valence electrons. The van der Waals surface area contributed by atoms with Crippen molar-refractivity contribution in [2.45, 2.75) is 11.6 Å². The van der Waals surface area contributed by atoms with E-state index in [1.807, 2.05) is 66.5 Å². The van der Waals surface area contributed by atoms with Crippen molar-refractivity contribution in [1.29, 1.82) is 0 Å². The fraction of sp³-hybridized carbons (Fsp3) is 0.111. The predicted molar refractivity (Wildman–Crippen MR) is 88.8 cm³/mol. The van der Waals surface area contributed by atoms with E-state index in [1.165, 1.54) is 0 Å². The van der Waals surface area contributed by atoms with Gasteiger partial charge in [0.05, 0.1) is 11.6 Å². The van der Waals surface area contributed by atoms with Crippen LogP contribution in [0.1, 0.15) is 21.6 Å². The van der Waals surface area contributed by atoms with E-state index in [0.717, 1.165) is 39.7 Å². The average Bonchev–Trinajstić information content (AvgIpc) is 3.18. The second kappa shape index (κ2) is 5.46. The molecule has 1 aliphatic heterocycles. The van der Waals surface area contributed by atoms with Crippen LogP contribution in [0.2, 0.25) is 0 Å². The number of fused-ring (bicyclic) bond motifs is 1. The van der Waals surface area contributed by atoms with Crippen LogP contribution in [0.25, 0.3) is 11.3 Å². The number of carbonyl (C=O) groups excluding carboxylic acids is 1. The van der Waals surface area contributed by atoms with Crippen molar-refractivity contribution in [3.05, 3.63) is 77.7 Å². The number of ketones is 1. The van der Waals surface area contributed by atoms with Gasteiger partial charge in [-0.1, -0.05) is 30.3 Å². The molecule has 3 aromatic rings. The zero-order chi connectivity index (χ0) is 14.9. The lowest BCUT2D eigenvalue weighted by molar-refractivity contribution is 0.103. The van der Waals surface area contributed by atoms with Crippen LogP contribution in [-0.2, 0) is 11.6 Å². The lowest BCUT2D eigenvalue weighted by Gasteiger charge is -2.04. The van der Waals surface area contributed by atoms with Crippen molar-refractivity contribution < 1.29 is 4.79 Å². The first-order valence-electron chi connectivity index (χ1n) is 7.15. The number of carbonyl (C=O) groups is 1. The van der Waals surface area contributed by atoms with Crippen LogP contribution in [0.5, 0.6) is 0 Å². The summed E-state index contributed by atoms with van der Waals surface area (Å²) in [6.45, 7) is 0. The predicted octanol–water partition coefficient (Wildman–Crippen LogP) is 3.99. The number of aromatic nitrogens is 2. The van der Waals surface area contributed by atoms with Crippen molar-refractivity contribution in [3.63, 3.8) is 0 Å². The highest BCUT2D eigenvalue weighted by Gasteiger charge is 2.25. The van der Waals surface area contributed by atoms with Gasteiger partial charge in [-0.25, -0.2) is 0 Å². The molecule has 0 amide bonds. The molecule has 0 aliphatic carbocycles. The van der Waals surface area contributed by atoms with Gasteiger partial charge in [-0.2, -0.15) is 0 Å². The maximum absolute atomic E-state index is 12.8. The van der Waals surface area contributed by atoms with Gasteiger partial charge >= 0.3 is 0 Å². The van der Waals surface area contributed by atoms with Gasteiger partial charge in [0, 0.05) is 40.5 Å². The maximum atomic E-state index is 12.8. The zero-order valence-corrected chi connectivity index (χ0v) is 12.7. The van der Waals surface area contributed by atoms with Crippen molar-refractivity contribution in [3.8, 4) is 11.3 Å². The third-order valence-corrected chi connectivity index (χ3v) is 4.82. The third-order valence-electron chi connectivity index (χ3n) is 3.91. The molecule has 1 aromatic carbocycles. The smallest absolute Gasteiger partial charge is 0.194 e. The molecule has 4 heteroatoms. The number of thioether (sulfide) groups is 1. The fourth-order valence-corrected chi connectivity index (χ4v) is 3.89. The molecule has 0 bridgehead atoms. The second-order valence-electron chi connectivity index (χ2n) is 5.23. The Labute approximate surface area is 133 Å². The Bertz CT molecular complexity index is 825. The molecule has 0 fully saturated rings. The third kappa shape index (κ3) is 2.16. The van der Waals surface area contributed by atoms with Crippen molar-refractivity contribution in [1.82, 2.24) is 9.55 Å². The summed E-state index contributed by atoms with van der Waals surface area (Å²) >= 11 is 1.84. The molecule has 1 aliphatic rings. The molecule has 0 saturated heterocycles. The molecule has 22 heavy (non-hydrogen) atoms. The Balaban J connectivity index is 1.84. The number of pyridine rings is 1. The number of hydrogen-bond donors (Lipinski definition) is 0. The molecule has 0 atom stereocenters. The van der Waals surface area contributed by atoms with Gasteiger partial charge in [0.2, 0.25) is 0 Å². The molecule has 0 N–H and O–H groups in total. The van der Waals surface area contributed by atoms with E-state index >= 15 is 0 Å². The maximum Gasteiger partial charge on any atom is 0.194 e. The number of benzene rings is 1.